The van der Waals surface area contributed by atoms with Crippen molar-refractivity contribution in [2.24, 2.45) is 5.92 Å². The normalized spacial score (nSPS) is 22.2. The number of piperidine rings is 1. The van der Waals surface area contributed by atoms with E-state index in [4.69, 9.17) is 9.47 Å². The van der Waals surface area contributed by atoms with Crippen LogP contribution in [0.2, 0.25) is 0 Å². The number of ether oxygens (including phenoxy) is 2. The smallest absolute Gasteiger partial charge is 0.309 e. The third kappa shape index (κ3) is 5.10. The summed E-state index contributed by atoms with van der Waals surface area (Å²) >= 11 is 0. The van der Waals surface area contributed by atoms with E-state index in [2.05, 4.69) is 10.2 Å². The number of hydrogen-bond donors (Lipinski definition) is 1. The maximum absolute atomic E-state index is 11.7. The lowest BCUT2D eigenvalue weighted by Gasteiger charge is -2.27. The number of carbonyl (C=O) groups excluding carboxylic acids is 1. The number of morpholine rings is 1. The highest BCUT2D eigenvalue weighted by atomic mass is 35.5. The topological polar surface area (TPSA) is 50.8 Å². The molecule has 0 aliphatic carbocycles. The maximum atomic E-state index is 11.7. The first kappa shape index (κ1) is 15.7. The first-order chi connectivity index (χ1) is 8.36. The van der Waals surface area contributed by atoms with Gasteiger partial charge in [0.15, 0.2) is 0 Å². The molecule has 0 unspecified atom stereocenters. The molecular weight excluding hydrogens is 256 g/mol. The van der Waals surface area contributed by atoms with Crippen molar-refractivity contribution in [2.45, 2.75) is 12.8 Å². The molecule has 0 spiro atoms. The maximum Gasteiger partial charge on any atom is 0.309 e. The van der Waals surface area contributed by atoms with Gasteiger partial charge in [-0.3, -0.25) is 9.69 Å². The van der Waals surface area contributed by atoms with E-state index in [1.54, 1.807) is 0 Å². The van der Waals surface area contributed by atoms with Gasteiger partial charge in [0, 0.05) is 19.6 Å². The second kappa shape index (κ2) is 8.69. The molecule has 0 atom stereocenters. The molecule has 2 fully saturated rings. The second-order valence-corrected chi connectivity index (χ2v) is 4.65. The van der Waals surface area contributed by atoms with Crippen LogP contribution in [0.25, 0.3) is 0 Å². The predicted molar refractivity (Wildman–Crippen MR) is 71.1 cm³/mol. The summed E-state index contributed by atoms with van der Waals surface area (Å²) in [5, 5.41) is 3.25. The molecule has 0 amide bonds. The Bertz CT molecular complexity index is 241. The fourth-order valence-electron chi connectivity index (χ4n) is 2.28. The number of nitrogens with one attached hydrogen (secondary N) is 1. The first-order valence-electron chi connectivity index (χ1n) is 6.54. The lowest BCUT2D eigenvalue weighted by molar-refractivity contribution is -0.150. The molecule has 2 saturated heterocycles. The van der Waals surface area contributed by atoms with E-state index >= 15 is 0 Å². The molecule has 0 bridgehead atoms. The Morgan fingerprint density at radius 2 is 1.94 bits per heavy atom. The lowest BCUT2D eigenvalue weighted by atomic mass is 9.99. The van der Waals surface area contributed by atoms with Gasteiger partial charge < -0.3 is 14.8 Å². The monoisotopic (exact) mass is 278 g/mol. The van der Waals surface area contributed by atoms with E-state index in [-0.39, 0.29) is 24.3 Å². The van der Waals surface area contributed by atoms with Gasteiger partial charge in [-0.2, -0.15) is 0 Å². The molecule has 6 heteroatoms. The van der Waals surface area contributed by atoms with Gasteiger partial charge in [0.25, 0.3) is 0 Å². The number of hydrogen-bond acceptors (Lipinski definition) is 5. The Morgan fingerprint density at radius 1 is 1.28 bits per heavy atom. The first-order valence-corrected chi connectivity index (χ1v) is 6.54. The van der Waals surface area contributed by atoms with Crippen molar-refractivity contribution in [2.75, 3.05) is 52.5 Å². The van der Waals surface area contributed by atoms with Gasteiger partial charge in [0.1, 0.15) is 6.61 Å². The molecule has 0 radical (unpaired) electrons. The van der Waals surface area contributed by atoms with Crippen molar-refractivity contribution in [3.05, 3.63) is 0 Å². The molecule has 106 valence electrons. The van der Waals surface area contributed by atoms with Crippen LogP contribution in [0.5, 0.6) is 0 Å². The number of nitrogens with zero attached hydrogens (tertiary/aromatic N) is 1. The van der Waals surface area contributed by atoms with Crippen LogP contribution in [-0.2, 0) is 14.3 Å². The Kier molecular flexibility index (Phi) is 7.58. The summed E-state index contributed by atoms with van der Waals surface area (Å²) in [5.41, 5.74) is 0. The molecule has 0 aromatic carbocycles. The Balaban J connectivity index is 0.00000162. The van der Waals surface area contributed by atoms with Crippen molar-refractivity contribution in [3.63, 3.8) is 0 Å². The van der Waals surface area contributed by atoms with Gasteiger partial charge in [0.2, 0.25) is 0 Å². The minimum Gasteiger partial charge on any atom is -0.464 e. The quantitative estimate of drug-likeness (QED) is 0.749. The van der Waals surface area contributed by atoms with Crippen LogP contribution in [0.4, 0.5) is 0 Å². The average Bonchev–Trinajstić information content (AvgIpc) is 2.41. The Hall–Kier alpha value is -0.360. The van der Waals surface area contributed by atoms with Crippen LogP contribution < -0.4 is 5.32 Å². The zero-order valence-electron chi connectivity index (χ0n) is 10.7. The fraction of sp³-hybridized carbons (Fsp3) is 0.917. The number of esters is 1. The van der Waals surface area contributed by atoms with Gasteiger partial charge in [0.05, 0.1) is 19.1 Å². The highest BCUT2D eigenvalue weighted by molar-refractivity contribution is 5.85. The standard InChI is InChI=1S/C12H22N2O3.ClH/c15-12(11-1-3-13-4-2-11)17-10-7-14-5-8-16-9-6-14;/h11,13H,1-10H2;1H. The van der Waals surface area contributed by atoms with Gasteiger partial charge >= 0.3 is 5.97 Å². The van der Waals surface area contributed by atoms with Crippen LogP contribution in [-0.4, -0.2) is 63.4 Å². The Labute approximate surface area is 115 Å². The summed E-state index contributed by atoms with van der Waals surface area (Å²) in [7, 11) is 0. The lowest BCUT2D eigenvalue weighted by Crippen LogP contribution is -2.39. The van der Waals surface area contributed by atoms with Gasteiger partial charge in [-0.25, -0.2) is 0 Å². The summed E-state index contributed by atoms with van der Waals surface area (Å²) in [6.07, 6.45) is 1.83. The second-order valence-electron chi connectivity index (χ2n) is 4.65. The number of halogens is 1. The van der Waals surface area contributed by atoms with E-state index < -0.39 is 0 Å². The van der Waals surface area contributed by atoms with Crippen LogP contribution >= 0.6 is 12.4 Å². The molecule has 2 aliphatic heterocycles. The molecule has 18 heavy (non-hydrogen) atoms. The van der Waals surface area contributed by atoms with E-state index in [1.807, 2.05) is 0 Å². The third-order valence-corrected chi connectivity index (χ3v) is 3.43. The molecule has 2 heterocycles. The Morgan fingerprint density at radius 3 is 2.61 bits per heavy atom. The molecule has 0 saturated carbocycles. The zero-order valence-corrected chi connectivity index (χ0v) is 11.5. The molecule has 0 aromatic heterocycles. The summed E-state index contributed by atoms with van der Waals surface area (Å²) < 4.78 is 10.6. The summed E-state index contributed by atoms with van der Waals surface area (Å²) in [5.74, 6) is 0.0979. The summed E-state index contributed by atoms with van der Waals surface area (Å²) in [6.45, 7) is 6.70. The number of rotatable bonds is 4. The fourth-order valence-corrected chi connectivity index (χ4v) is 2.28. The third-order valence-electron chi connectivity index (χ3n) is 3.43. The van der Waals surface area contributed by atoms with Crippen molar-refractivity contribution in [1.82, 2.24) is 10.2 Å². The largest absolute Gasteiger partial charge is 0.464 e. The van der Waals surface area contributed by atoms with Crippen molar-refractivity contribution >= 4 is 18.4 Å². The number of carbonyl (C=O) groups is 1. The van der Waals surface area contributed by atoms with Crippen LogP contribution in [0.3, 0.4) is 0 Å². The SMILES string of the molecule is Cl.O=C(OCCN1CCOCC1)C1CCNCC1. The van der Waals surface area contributed by atoms with Gasteiger partial charge in [-0.05, 0) is 25.9 Å². The van der Waals surface area contributed by atoms with E-state index in [1.165, 1.54) is 0 Å². The molecule has 2 aliphatic rings. The minimum absolute atomic E-state index is 0. The van der Waals surface area contributed by atoms with E-state index in [0.29, 0.717) is 6.61 Å². The highest BCUT2D eigenvalue weighted by Gasteiger charge is 2.22. The van der Waals surface area contributed by atoms with Gasteiger partial charge in [-0.15, -0.1) is 12.4 Å². The van der Waals surface area contributed by atoms with Gasteiger partial charge in [-0.1, -0.05) is 0 Å². The molecular formula is C12H23ClN2O3. The average molecular weight is 279 g/mol. The minimum atomic E-state index is -0.0141. The summed E-state index contributed by atoms with van der Waals surface area (Å²) in [4.78, 5) is 14.0. The van der Waals surface area contributed by atoms with E-state index in [9.17, 15) is 4.79 Å². The predicted octanol–water partition coefficient (Wildman–Crippen LogP) is 0.283. The molecule has 1 N–H and O–H groups in total. The van der Waals surface area contributed by atoms with Crippen molar-refractivity contribution in [1.29, 1.82) is 0 Å². The molecule has 5 nitrogen and oxygen atoms in total. The van der Waals surface area contributed by atoms with Crippen molar-refractivity contribution in [3.8, 4) is 0 Å². The zero-order chi connectivity index (χ0) is 11.9. The van der Waals surface area contributed by atoms with Crippen LogP contribution in [0, 0.1) is 5.92 Å². The molecule has 0 aromatic rings. The van der Waals surface area contributed by atoms with Crippen LogP contribution in [0.1, 0.15) is 12.8 Å². The molecule has 2 rings (SSSR count). The van der Waals surface area contributed by atoms with E-state index in [0.717, 1.165) is 58.8 Å². The van der Waals surface area contributed by atoms with Crippen molar-refractivity contribution < 1.29 is 14.3 Å². The summed E-state index contributed by atoms with van der Waals surface area (Å²) in [6, 6.07) is 0. The highest BCUT2D eigenvalue weighted by Crippen LogP contribution is 2.13. The van der Waals surface area contributed by atoms with Crippen LogP contribution in [0.15, 0.2) is 0 Å².